The summed E-state index contributed by atoms with van der Waals surface area (Å²) in [5.74, 6) is -3.78. The van der Waals surface area contributed by atoms with Crippen LogP contribution < -0.4 is 0 Å². The van der Waals surface area contributed by atoms with E-state index in [1.165, 1.54) is 29.6 Å². The van der Waals surface area contributed by atoms with Crippen LogP contribution in [0.4, 0.5) is 13.2 Å². The molecule has 2 aromatic carbocycles. The molecule has 0 spiro atoms. The zero-order chi connectivity index (χ0) is 25.5. The van der Waals surface area contributed by atoms with Gasteiger partial charge in [-0.05, 0) is 42.9 Å². The van der Waals surface area contributed by atoms with Crippen LogP contribution >= 0.6 is 23.4 Å². The molecule has 0 saturated heterocycles. The van der Waals surface area contributed by atoms with Crippen molar-refractivity contribution in [2.75, 3.05) is 12.4 Å². The maximum absolute atomic E-state index is 13.6. The highest BCUT2D eigenvalue weighted by Crippen LogP contribution is 2.25. The lowest BCUT2D eigenvalue weighted by Gasteiger charge is -2.28. The third-order valence-corrected chi connectivity index (χ3v) is 6.71. The minimum absolute atomic E-state index is 0.0153. The van der Waals surface area contributed by atoms with Crippen LogP contribution in [0.5, 0.6) is 0 Å². The average Bonchev–Trinajstić information content (AvgIpc) is 3.28. The van der Waals surface area contributed by atoms with Gasteiger partial charge in [0.1, 0.15) is 23.3 Å². The highest BCUT2D eigenvalue weighted by Gasteiger charge is 2.27. The minimum atomic E-state index is -1.58. The molecule has 0 bridgehead atoms. The van der Waals surface area contributed by atoms with Crippen LogP contribution in [0.15, 0.2) is 42.6 Å². The van der Waals surface area contributed by atoms with Gasteiger partial charge in [0.05, 0.1) is 25.5 Å². The number of thioether (sulfide) groups is 1. The Morgan fingerprint density at radius 3 is 2.46 bits per heavy atom. The van der Waals surface area contributed by atoms with Crippen molar-refractivity contribution in [3.05, 3.63) is 70.6 Å². The fourth-order valence-corrected chi connectivity index (χ4v) is 4.54. The Balaban J connectivity index is 1.70. The van der Waals surface area contributed by atoms with Crippen LogP contribution in [-0.4, -0.2) is 66.4 Å². The second-order valence-electron chi connectivity index (χ2n) is 7.83. The molecular weight excluding hydrogens is 507 g/mol. The van der Waals surface area contributed by atoms with Gasteiger partial charge in [-0.15, -0.1) is 16.9 Å². The fourth-order valence-electron chi connectivity index (χ4n) is 3.21. The van der Waals surface area contributed by atoms with Gasteiger partial charge in [-0.25, -0.2) is 17.9 Å². The van der Waals surface area contributed by atoms with Gasteiger partial charge in [0.15, 0.2) is 17.5 Å². The number of hydrogen-bond acceptors (Lipinski definition) is 7. The summed E-state index contributed by atoms with van der Waals surface area (Å²) < 4.78 is 47.4. The molecule has 1 aromatic heterocycles. The number of aliphatic hydroxyl groups excluding tert-OH is 3. The van der Waals surface area contributed by atoms with Gasteiger partial charge in [0.25, 0.3) is 0 Å². The first-order chi connectivity index (χ1) is 16.7. The van der Waals surface area contributed by atoms with Crippen molar-refractivity contribution < 1.29 is 33.2 Å². The lowest BCUT2D eigenvalue weighted by Crippen LogP contribution is -2.39. The predicted octanol–water partition coefficient (Wildman–Crippen LogP) is 3.44. The molecule has 4 atom stereocenters. The Bertz CT molecular complexity index is 1100. The highest BCUT2D eigenvalue weighted by atomic mass is 35.5. The molecule has 190 valence electrons. The molecule has 3 N–H and O–H groups in total. The molecule has 0 aliphatic carbocycles. The summed E-state index contributed by atoms with van der Waals surface area (Å²) in [6.07, 6.45) is -1.14. The number of rotatable bonds is 12. The molecule has 1 heterocycles. The van der Waals surface area contributed by atoms with E-state index in [2.05, 4.69) is 10.3 Å². The lowest BCUT2D eigenvalue weighted by molar-refractivity contribution is -0.0972. The molecular formula is C23H25ClF3N3O4S. The Kier molecular flexibility index (Phi) is 9.96. The molecule has 35 heavy (non-hydrogen) atoms. The SMILES string of the molecule is C[C@@H](O)C(CO)OC(SCCc1ccccc1Cl)[C@@H](O)Cn1cc(-c2cc(F)c(F)c(F)c2)nn1. The summed E-state index contributed by atoms with van der Waals surface area (Å²) in [5, 5.41) is 38.6. The Morgan fingerprint density at radius 2 is 1.83 bits per heavy atom. The third-order valence-electron chi connectivity index (χ3n) is 5.14. The summed E-state index contributed by atoms with van der Waals surface area (Å²) >= 11 is 7.46. The molecule has 0 aliphatic heterocycles. The van der Waals surface area contributed by atoms with E-state index in [-0.39, 0.29) is 17.8 Å². The van der Waals surface area contributed by atoms with E-state index in [4.69, 9.17) is 16.3 Å². The second kappa shape index (κ2) is 12.7. The molecule has 3 aromatic rings. The van der Waals surface area contributed by atoms with E-state index >= 15 is 0 Å². The van der Waals surface area contributed by atoms with Crippen LogP contribution in [0.25, 0.3) is 11.3 Å². The quantitative estimate of drug-likeness (QED) is 0.243. The largest absolute Gasteiger partial charge is 0.394 e. The maximum atomic E-state index is 13.6. The second-order valence-corrected chi connectivity index (χ2v) is 9.44. The summed E-state index contributed by atoms with van der Waals surface area (Å²) in [4.78, 5) is 0. The summed E-state index contributed by atoms with van der Waals surface area (Å²) in [5.41, 5.74) is 0.121. The van der Waals surface area contributed by atoms with E-state index in [1.54, 1.807) is 6.07 Å². The van der Waals surface area contributed by atoms with E-state index in [0.29, 0.717) is 17.2 Å². The summed E-state index contributed by atoms with van der Waals surface area (Å²) in [6.45, 7) is 0.894. The molecule has 7 nitrogen and oxygen atoms in total. The molecule has 0 radical (unpaired) electrons. The number of aliphatic hydroxyl groups is 3. The zero-order valence-corrected chi connectivity index (χ0v) is 20.3. The van der Waals surface area contributed by atoms with Crippen LogP contribution in [0.1, 0.15) is 12.5 Å². The summed E-state index contributed by atoms with van der Waals surface area (Å²) in [6, 6.07) is 8.96. The van der Waals surface area contributed by atoms with Gasteiger partial charge in [-0.1, -0.05) is 35.0 Å². The Morgan fingerprint density at radius 1 is 1.14 bits per heavy atom. The van der Waals surface area contributed by atoms with Crippen molar-refractivity contribution in [1.82, 2.24) is 15.0 Å². The molecule has 3 rings (SSSR count). The first kappa shape index (κ1) is 27.4. The zero-order valence-electron chi connectivity index (χ0n) is 18.7. The van der Waals surface area contributed by atoms with Crippen molar-refractivity contribution in [2.24, 2.45) is 0 Å². The smallest absolute Gasteiger partial charge is 0.194 e. The number of nitrogens with zero attached hydrogens (tertiary/aromatic N) is 3. The standard InChI is InChI=1S/C23H25ClF3N3O4S/c1-13(32)21(12-31)34-23(35-7-6-14-4-2-3-5-16(14)24)20(33)11-30-10-19(28-29-30)15-8-17(25)22(27)18(26)9-15/h2-5,8-10,13,20-21,23,31-33H,6-7,11-12H2,1H3/t13-,20+,21?,23?/m1/s1. The molecule has 0 fully saturated rings. The van der Waals surface area contributed by atoms with Crippen molar-refractivity contribution in [1.29, 1.82) is 0 Å². The number of hydrogen-bond donors (Lipinski definition) is 3. The fraction of sp³-hybridized carbons (Fsp3) is 0.391. The first-order valence-electron chi connectivity index (χ1n) is 10.7. The number of aromatic nitrogens is 3. The predicted molar refractivity (Wildman–Crippen MR) is 126 cm³/mol. The molecule has 0 amide bonds. The highest BCUT2D eigenvalue weighted by molar-refractivity contribution is 7.99. The van der Waals surface area contributed by atoms with Gasteiger partial charge in [0.2, 0.25) is 0 Å². The number of halogens is 4. The van der Waals surface area contributed by atoms with Crippen LogP contribution in [0.2, 0.25) is 5.02 Å². The van der Waals surface area contributed by atoms with Crippen LogP contribution in [-0.2, 0) is 17.7 Å². The Hall–Kier alpha value is -2.15. The molecule has 0 saturated carbocycles. The normalized spacial score (nSPS) is 15.1. The van der Waals surface area contributed by atoms with Crippen LogP contribution in [0.3, 0.4) is 0 Å². The van der Waals surface area contributed by atoms with Crippen molar-refractivity contribution in [2.45, 2.75) is 43.6 Å². The monoisotopic (exact) mass is 531 g/mol. The molecule has 0 aliphatic rings. The van der Waals surface area contributed by atoms with Crippen molar-refractivity contribution in [3.8, 4) is 11.3 Å². The topological polar surface area (TPSA) is 101 Å². The Labute approximate surface area is 209 Å². The number of ether oxygens (including phenoxy) is 1. The van der Waals surface area contributed by atoms with Crippen LogP contribution in [0, 0.1) is 17.5 Å². The van der Waals surface area contributed by atoms with Gasteiger partial charge >= 0.3 is 0 Å². The van der Waals surface area contributed by atoms with E-state index in [9.17, 15) is 28.5 Å². The number of benzene rings is 2. The third kappa shape index (κ3) is 7.42. The van der Waals surface area contributed by atoms with E-state index in [1.807, 2.05) is 18.2 Å². The number of aryl methyl sites for hydroxylation is 1. The summed E-state index contributed by atoms with van der Waals surface area (Å²) in [7, 11) is 0. The van der Waals surface area contributed by atoms with Gasteiger partial charge in [-0.2, -0.15) is 0 Å². The minimum Gasteiger partial charge on any atom is -0.394 e. The van der Waals surface area contributed by atoms with E-state index in [0.717, 1.165) is 17.7 Å². The van der Waals surface area contributed by atoms with Gasteiger partial charge < -0.3 is 20.1 Å². The van der Waals surface area contributed by atoms with Crippen molar-refractivity contribution >= 4 is 23.4 Å². The van der Waals surface area contributed by atoms with Gasteiger partial charge in [-0.3, -0.25) is 0 Å². The first-order valence-corrected chi connectivity index (χ1v) is 12.1. The van der Waals surface area contributed by atoms with E-state index < -0.39 is 47.8 Å². The van der Waals surface area contributed by atoms with Crippen molar-refractivity contribution in [3.63, 3.8) is 0 Å². The lowest BCUT2D eigenvalue weighted by atomic mass is 10.1. The molecule has 2 unspecified atom stereocenters. The van der Waals surface area contributed by atoms with Gasteiger partial charge in [0, 0.05) is 10.6 Å². The average molecular weight is 532 g/mol. The maximum Gasteiger partial charge on any atom is 0.194 e. The molecule has 12 heteroatoms.